The molecule has 0 spiro atoms. The number of rotatable bonds is 8. The van der Waals surface area contributed by atoms with Crippen molar-refractivity contribution in [2.75, 3.05) is 26.2 Å². The van der Waals surface area contributed by atoms with Gasteiger partial charge in [-0.1, -0.05) is 37.3 Å². The average Bonchev–Trinajstić information content (AvgIpc) is 2.91. The third kappa shape index (κ3) is 4.96. The van der Waals surface area contributed by atoms with E-state index in [1.807, 2.05) is 0 Å². The molecule has 1 aliphatic heterocycles. The second-order valence-electron chi connectivity index (χ2n) is 5.57. The van der Waals surface area contributed by atoms with Crippen molar-refractivity contribution >= 4 is 0 Å². The summed E-state index contributed by atoms with van der Waals surface area (Å²) in [7, 11) is 0. The molecule has 1 aliphatic rings. The summed E-state index contributed by atoms with van der Waals surface area (Å²) in [6.07, 6.45) is 6.55. The maximum Gasteiger partial charge on any atom is 0.0220 e. The minimum atomic E-state index is 0.791. The van der Waals surface area contributed by atoms with Crippen molar-refractivity contribution in [2.24, 2.45) is 0 Å². The average molecular weight is 260 g/mol. The summed E-state index contributed by atoms with van der Waals surface area (Å²) < 4.78 is 0. The van der Waals surface area contributed by atoms with Crippen molar-refractivity contribution in [2.45, 2.75) is 45.1 Å². The van der Waals surface area contributed by atoms with Crippen molar-refractivity contribution < 1.29 is 0 Å². The van der Waals surface area contributed by atoms with Crippen molar-refractivity contribution in [1.82, 2.24) is 10.2 Å². The molecule has 0 aliphatic carbocycles. The quantitative estimate of drug-likeness (QED) is 0.723. The van der Waals surface area contributed by atoms with Gasteiger partial charge in [0.25, 0.3) is 0 Å². The van der Waals surface area contributed by atoms with Gasteiger partial charge in [-0.25, -0.2) is 0 Å². The monoisotopic (exact) mass is 260 g/mol. The number of hydrogen-bond acceptors (Lipinski definition) is 2. The standard InChI is InChI=1S/C17H28N2/c1-2-19-14-8-12-17(19)15-18-13-7-6-11-16-9-4-3-5-10-16/h3-5,9-10,17-18H,2,6-8,11-15H2,1H3. The first kappa shape index (κ1) is 14.5. The zero-order valence-corrected chi connectivity index (χ0v) is 12.3. The summed E-state index contributed by atoms with van der Waals surface area (Å²) in [6.45, 7) is 7.13. The highest BCUT2D eigenvalue weighted by atomic mass is 15.2. The molecule has 2 rings (SSSR count). The lowest BCUT2D eigenvalue weighted by Crippen LogP contribution is -2.38. The highest BCUT2D eigenvalue weighted by molar-refractivity contribution is 5.14. The van der Waals surface area contributed by atoms with Crippen LogP contribution in [-0.2, 0) is 6.42 Å². The van der Waals surface area contributed by atoms with Crippen LogP contribution in [0.15, 0.2) is 30.3 Å². The molecule has 19 heavy (non-hydrogen) atoms. The summed E-state index contributed by atoms with van der Waals surface area (Å²) in [4.78, 5) is 2.61. The van der Waals surface area contributed by atoms with Crippen LogP contribution >= 0.6 is 0 Å². The van der Waals surface area contributed by atoms with Gasteiger partial charge in [-0.05, 0) is 57.3 Å². The number of nitrogens with one attached hydrogen (secondary N) is 1. The fourth-order valence-corrected chi connectivity index (χ4v) is 3.04. The molecule has 1 fully saturated rings. The van der Waals surface area contributed by atoms with E-state index in [1.54, 1.807) is 0 Å². The van der Waals surface area contributed by atoms with E-state index in [0.717, 1.165) is 6.04 Å². The van der Waals surface area contributed by atoms with Crippen LogP contribution in [-0.4, -0.2) is 37.1 Å². The maximum absolute atomic E-state index is 3.64. The van der Waals surface area contributed by atoms with Crippen LogP contribution in [0.1, 0.15) is 38.2 Å². The van der Waals surface area contributed by atoms with Crippen LogP contribution in [0, 0.1) is 0 Å². The predicted molar refractivity (Wildman–Crippen MR) is 82.5 cm³/mol. The lowest BCUT2D eigenvalue weighted by Gasteiger charge is -2.22. The van der Waals surface area contributed by atoms with Gasteiger partial charge < -0.3 is 5.32 Å². The van der Waals surface area contributed by atoms with E-state index in [-0.39, 0.29) is 0 Å². The van der Waals surface area contributed by atoms with Crippen molar-refractivity contribution in [3.8, 4) is 0 Å². The Labute approximate surface area is 118 Å². The minimum Gasteiger partial charge on any atom is -0.315 e. The Kier molecular flexibility index (Phi) is 6.38. The van der Waals surface area contributed by atoms with Gasteiger partial charge in [-0.2, -0.15) is 0 Å². The molecule has 0 bridgehead atoms. The smallest absolute Gasteiger partial charge is 0.0220 e. The Bertz CT molecular complexity index is 336. The first-order chi connectivity index (χ1) is 9.40. The molecule has 1 atom stereocenters. The number of likely N-dealkylation sites (N-methyl/N-ethyl adjacent to an activating group) is 1. The van der Waals surface area contributed by atoms with Crippen LogP contribution in [0.25, 0.3) is 0 Å². The molecular formula is C17H28N2. The molecule has 1 N–H and O–H groups in total. The maximum atomic E-state index is 3.64. The van der Waals surface area contributed by atoms with Crippen molar-refractivity contribution in [1.29, 1.82) is 0 Å². The number of nitrogens with zero attached hydrogens (tertiary/aromatic N) is 1. The molecule has 1 unspecified atom stereocenters. The van der Waals surface area contributed by atoms with Gasteiger partial charge in [0.2, 0.25) is 0 Å². The highest BCUT2D eigenvalue weighted by Gasteiger charge is 2.21. The number of hydrogen-bond donors (Lipinski definition) is 1. The fourth-order valence-electron chi connectivity index (χ4n) is 3.04. The Morgan fingerprint density at radius 1 is 1.21 bits per heavy atom. The summed E-state index contributed by atoms with van der Waals surface area (Å²) in [5.41, 5.74) is 1.47. The van der Waals surface area contributed by atoms with Gasteiger partial charge in [0.1, 0.15) is 0 Å². The first-order valence-corrected chi connectivity index (χ1v) is 7.89. The van der Waals surface area contributed by atoms with E-state index in [9.17, 15) is 0 Å². The van der Waals surface area contributed by atoms with Crippen LogP contribution in [0.2, 0.25) is 0 Å². The SMILES string of the molecule is CCN1CCCC1CNCCCCc1ccccc1. The van der Waals surface area contributed by atoms with Crippen LogP contribution in [0.3, 0.4) is 0 Å². The van der Waals surface area contributed by atoms with Crippen molar-refractivity contribution in [3.05, 3.63) is 35.9 Å². The van der Waals surface area contributed by atoms with Crippen molar-refractivity contribution in [3.63, 3.8) is 0 Å². The van der Waals surface area contributed by atoms with Crippen LogP contribution in [0.4, 0.5) is 0 Å². The van der Waals surface area contributed by atoms with Gasteiger partial charge in [0.05, 0.1) is 0 Å². The summed E-state index contributed by atoms with van der Waals surface area (Å²) in [5.74, 6) is 0. The molecular weight excluding hydrogens is 232 g/mol. The van der Waals surface area contributed by atoms with Crippen LogP contribution in [0.5, 0.6) is 0 Å². The molecule has 1 aromatic carbocycles. The number of benzene rings is 1. The highest BCUT2D eigenvalue weighted by Crippen LogP contribution is 2.15. The zero-order valence-electron chi connectivity index (χ0n) is 12.3. The van der Waals surface area contributed by atoms with E-state index in [2.05, 4.69) is 47.5 Å². The van der Waals surface area contributed by atoms with E-state index < -0.39 is 0 Å². The first-order valence-electron chi connectivity index (χ1n) is 7.89. The Morgan fingerprint density at radius 3 is 2.84 bits per heavy atom. The number of unbranched alkanes of at least 4 members (excludes halogenated alkanes) is 1. The van der Waals surface area contributed by atoms with E-state index in [4.69, 9.17) is 0 Å². The second kappa shape index (κ2) is 8.34. The third-order valence-electron chi connectivity index (χ3n) is 4.20. The summed E-state index contributed by atoms with van der Waals surface area (Å²) in [5, 5.41) is 3.64. The fraction of sp³-hybridized carbons (Fsp3) is 0.647. The third-order valence-corrected chi connectivity index (χ3v) is 4.20. The van der Waals surface area contributed by atoms with Crippen LogP contribution < -0.4 is 5.32 Å². The van der Waals surface area contributed by atoms with E-state index in [0.29, 0.717) is 0 Å². The molecule has 1 heterocycles. The summed E-state index contributed by atoms with van der Waals surface area (Å²) >= 11 is 0. The molecule has 0 saturated carbocycles. The molecule has 0 amide bonds. The van der Waals surface area contributed by atoms with Gasteiger partial charge >= 0.3 is 0 Å². The molecule has 1 aromatic rings. The van der Waals surface area contributed by atoms with Gasteiger partial charge in [0.15, 0.2) is 0 Å². The Morgan fingerprint density at radius 2 is 2.05 bits per heavy atom. The van der Waals surface area contributed by atoms with Gasteiger partial charge in [-0.15, -0.1) is 0 Å². The Balaban J connectivity index is 1.50. The van der Waals surface area contributed by atoms with E-state index >= 15 is 0 Å². The molecule has 2 nitrogen and oxygen atoms in total. The lowest BCUT2D eigenvalue weighted by molar-refractivity contribution is 0.260. The van der Waals surface area contributed by atoms with Gasteiger partial charge in [-0.3, -0.25) is 4.90 Å². The molecule has 0 radical (unpaired) electrons. The number of likely N-dealkylation sites (tertiary alicyclic amines) is 1. The van der Waals surface area contributed by atoms with Gasteiger partial charge in [0, 0.05) is 12.6 Å². The normalized spacial score (nSPS) is 19.9. The summed E-state index contributed by atoms with van der Waals surface area (Å²) in [6, 6.07) is 11.6. The number of aryl methyl sites for hydroxylation is 1. The largest absolute Gasteiger partial charge is 0.315 e. The topological polar surface area (TPSA) is 15.3 Å². The Hall–Kier alpha value is -0.860. The second-order valence-corrected chi connectivity index (χ2v) is 5.57. The zero-order chi connectivity index (χ0) is 13.3. The minimum absolute atomic E-state index is 0.791. The molecule has 106 valence electrons. The molecule has 0 aromatic heterocycles. The molecule has 1 saturated heterocycles. The predicted octanol–water partition coefficient (Wildman–Crippen LogP) is 3.08. The lowest BCUT2D eigenvalue weighted by atomic mass is 10.1. The molecule has 2 heteroatoms. The van der Waals surface area contributed by atoms with E-state index in [1.165, 1.54) is 63.8 Å².